The van der Waals surface area contributed by atoms with E-state index in [1.807, 2.05) is 0 Å². The van der Waals surface area contributed by atoms with E-state index in [0.717, 1.165) is 12.3 Å². The van der Waals surface area contributed by atoms with Crippen molar-refractivity contribution >= 4 is 0 Å². The van der Waals surface area contributed by atoms with Crippen LogP contribution >= 0.6 is 0 Å². The van der Waals surface area contributed by atoms with Crippen molar-refractivity contribution in [3.8, 4) is 0 Å². The minimum absolute atomic E-state index is 1.02. The van der Waals surface area contributed by atoms with E-state index in [9.17, 15) is 0 Å². The van der Waals surface area contributed by atoms with E-state index < -0.39 is 0 Å². The fourth-order valence-electron chi connectivity index (χ4n) is 6.12. The van der Waals surface area contributed by atoms with Crippen molar-refractivity contribution in [2.75, 3.05) is 0 Å². The van der Waals surface area contributed by atoms with Crippen LogP contribution in [0.3, 0.4) is 0 Å². The smallest absolute Gasteiger partial charge is 0.0414 e. The first-order chi connectivity index (χ1) is 18.3. The summed E-state index contributed by atoms with van der Waals surface area (Å²) in [5, 5.41) is 0. The highest BCUT2D eigenvalue weighted by Gasteiger charge is 2.08. The van der Waals surface area contributed by atoms with E-state index in [2.05, 4.69) is 20.8 Å². The van der Waals surface area contributed by atoms with Gasteiger partial charge in [-0.3, -0.25) is 0 Å². The Morgan fingerprint density at radius 1 is 0.297 bits per heavy atom. The topological polar surface area (TPSA) is 0 Å². The summed E-state index contributed by atoms with van der Waals surface area (Å²) in [6, 6.07) is 0. The maximum absolute atomic E-state index is 4.02. The molecule has 223 valence electrons. The predicted molar refractivity (Wildman–Crippen MR) is 173 cm³/mol. The quantitative estimate of drug-likeness (QED) is 0.0756. The maximum atomic E-state index is 4.02. The van der Waals surface area contributed by atoms with Gasteiger partial charge in [0, 0.05) is 0 Å². The Bertz CT molecular complexity index is 372. The second-order valence-corrected chi connectivity index (χ2v) is 12.6. The average molecular weight is 520 g/mol. The predicted octanol–water partition coefficient (Wildman–Crippen LogP) is 14.3. The molecule has 0 fully saturated rings. The van der Waals surface area contributed by atoms with Gasteiger partial charge in [-0.15, -0.1) is 0 Å². The summed E-state index contributed by atoms with van der Waals surface area (Å²) in [5.41, 5.74) is 0. The van der Waals surface area contributed by atoms with Crippen molar-refractivity contribution in [2.45, 2.75) is 226 Å². The van der Waals surface area contributed by atoms with Crippen LogP contribution in [0.4, 0.5) is 0 Å². The number of unbranched alkanes of at least 4 members (excludes halogenated alkanes) is 27. The van der Waals surface area contributed by atoms with E-state index in [1.165, 1.54) is 205 Å². The lowest BCUT2D eigenvalue weighted by Crippen LogP contribution is -2.01. The summed E-state index contributed by atoms with van der Waals surface area (Å²) in [5.74, 6) is 1.02. The third-order valence-corrected chi connectivity index (χ3v) is 8.79. The Balaban J connectivity index is 3.50. The molecule has 0 aliphatic carbocycles. The molecule has 0 N–H and O–H groups in total. The Hall–Kier alpha value is 0. The number of hydrogen-bond acceptors (Lipinski definition) is 0. The molecule has 0 aromatic carbocycles. The van der Waals surface area contributed by atoms with Crippen LogP contribution in [0.2, 0.25) is 0 Å². The van der Waals surface area contributed by atoms with Crippen LogP contribution < -0.4 is 0 Å². The molecule has 0 aromatic rings. The Labute approximate surface area is 238 Å². The fraction of sp³-hybridized carbons (Fsp3) is 0.973. The minimum atomic E-state index is 1.02. The zero-order valence-electron chi connectivity index (χ0n) is 26.6. The molecule has 37 heavy (non-hydrogen) atoms. The van der Waals surface area contributed by atoms with Gasteiger partial charge in [-0.1, -0.05) is 233 Å². The van der Waals surface area contributed by atoms with Crippen LogP contribution in [0, 0.1) is 12.8 Å². The summed E-state index contributed by atoms with van der Waals surface area (Å²) >= 11 is 0. The molecule has 0 aliphatic heterocycles. The lowest BCUT2D eigenvalue weighted by Gasteiger charge is -2.17. The molecule has 0 amide bonds. The molecule has 0 heteroatoms. The van der Waals surface area contributed by atoms with Gasteiger partial charge in [0.1, 0.15) is 0 Å². The first-order valence-electron chi connectivity index (χ1n) is 18.1. The highest BCUT2D eigenvalue weighted by molar-refractivity contribution is 4.62. The highest BCUT2D eigenvalue weighted by Crippen LogP contribution is 2.25. The molecule has 0 aliphatic rings. The first-order valence-corrected chi connectivity index (χ1v) is 18.1. The largest absolute Gasteiger partial charge is 0.0654 e. The summed E-state index contributed by atoms with van der Waals surface area (Å²) < 4.78 is 0. The molecule has 0 rings (SSSR count). The van der Waals surface area contributed by atoms with Crippen LogP contribution in [-0.2, 0) is 0 Å². The molecule has 0 nitrogen and oxygen atoms in total. The van der Waals surface area contributed by atoms with E-state index in [4.69, 9.17) is 0 Å². The molecular weight excluding hydrogens is 444 g/mol. The van der Waals surface area contributed by atoms with Gasteiger partial charge in [0.05, 0.1) is 0 Å². The van der Waals surface area contributed by atoms with Crippen molar-refractivity contribution in [1.82, 2.24) is 0 Å². The van der Waals surface area contributed by atoms with Crippen molar-refractivity contribution < 1.29 is 0 Å². The maximum Gasteiger partial charge on any atom is -0.0414 e. The fourth-order valence-corrected chi connectivity index (χ4v) is 6.12. The van der Waals surface area contributed by atoms with E-state index in [-0.39, 0.29) is 0 Å². The second kappa shape index (κ2) is 34.0. The molecule has 0 spiro atoms. The van der Waals surface area contributed by atoms with Gasteiger partial charge in [-0.25, -0.2) is 0 Å². The van der Waals surface area contributed by atoms with Gasteiger partial charge in [-0.05, 0) is 5.92 Å². The molecule has 1 radical (unpaired) electrons. The third-order valence-electron chi connectivity index (χ3n) is 8.79. The Morgan fingerprint density at radius 2 is 0.514 bits per heavy atom. The molecule has 1 unspecified atom stereocenters. The van der Waals surface area contributed by atoms with Crippen LogP contribution in [0.25, 0.3) is 0 Å². The van der Waals surface area contributed by atoms with Gasteiger partial charge in [0.2, 0.25) is 0 Å². The van der Waals surface area contributed by atoms with Gasteiger partial charge in [-0.2, -0.15) is 0 Å². The summed E-state index contributed by atoms with van der Waals surface area (Å²) in [6.45, 7) is 8.65. The molecule has 0 saturated heterocycles. The Morgan fingerprint density at radius 3 is 0.757 bits per heavy atom. The summed E-state index contributed by atoms with van der Waals surface area (Å²) in [4.78, 5) is 0. The number of rotatable bonds is 33. The van der Waals surface area contributed by atoms with E-state index in [1.54, 1.807) is 0 Å². The average Bonchev–Trinajstić information content (AvgIpc) is 2.91. The van der Waals surface area contributed by atoms with Crippen LogP contribution in [0.1, 0.15) is 226 Å². The van der Waals surface area contributed by atoms with Gasteiger partial charge >= 0.3 is 0 Å². The van der Waals surface area contributed by atoms with Crippen LogP contribution in [0.5, 0.6) is 0 Å². The SMILES string of the molecule is [CH2]CCCCCC(CCCCCCCCC)CCCCCCCCCCCCCCCCCCCCC. The lowest BCUT2D eigenvalue weighted by atomic mass is 9.89. The molecule has 0 aromatic heterocycles. The van der Waals surface area contributed by atoms with Crippen molar-refractivity contribution in [3.63, 3.8) is 0 Å². The van der Waals surface area contributed by atoms with Crippen molar-refractivity contribution in [3.05, 3.63) is 6.92 Å². The normalized spacial score (nSPS) is 12.4. The summed E-state index contributed by atoms with van der Waals surface area (Å²) in [6.07, 6.45) is 48.2. The highest BCUT2D eigenvalue weighted by atomic mass is 14.1. The molecule has 0 bridgehead atoms. The van der Waals surface area contributed by atoms with Crippen molar-refractivity contribution in [1.29, 1.82) is 0 Å². The molecule has 1 atom stereocenters. The molecular formula is C37H75. The number of hydrogen-bond donors (Lipinski definition) is 0. The van der Waals surface area contributed by atoms with Gasteiger partial charge in [0.15, 0.2) is 0 Å². The van der Waals surface area contributed by atoms with Crippen LogP contribution in [-0.4, -0.2) is 0 Å². The minimum Gasteiger partial charge on any atom is -0.0654 e. The third kappa shape index (κ3) is 32.1. The summed E-state index contributed by atoms with van der Waals surface area (Å²) in [7, 11) is 0. The zero-order chi connectivity index (χ0) is 26.9. The van der Waals surface area contributed by atoms with Crippen LogP contribution in [0.15, 0.2) is 0 Å². The molecule has 0 heterocycles. The lowest BCUT2D eigenvalue weighted by molar-refractivity contribution is 0.366. The molecule has 0 saturated carbocycles. The van der Waals surface area contributed by atoms with E-state index in [0.29, 0.717) is 0 Å². The zero-order valence-corrected chi connectivity index (χ0v) is 26.6. The second-order valence-electron chi connectivity index (χ2n) is 12.6. The first kappa shape index (κ1) is 37.0. The van der Waals surface area contributed by atoms with Gasteiger partial charge in [0.25, 0.3) is 0 Å². The van der Waals surface area contributed by atoms with Crippen molar-refractivity contribution in [2.24, 2.45) is 5.92 Å². The monoisotopic (exact) mass is 520 g/mol. The van der Waals surface area contributed by atoms with E-state index >= 15 is 0 Å². The standard InChI is InChI=1S/C37H75/c1-4-7-10-13-15-16-17-18-19-20-21-22-23-24-25-26-28-30-33-36-37(34-31-12-9-6-3)35-32-29-27-14-11-8-5-2/h37H,3-36H2,1-2H3. The Kier molecular flexibility index (Phi) is 34.0. The van der Waals surface area contributed by atoms with Gasteiger partial charge < -0.3 is 0 Å².